The van der Waals surface area contributed by atoms with Crippen LogP contribution in [0.1, 0.15) is 58.9 Å². The molecular formula is C26H33NO6. The molecule has 0 spiro atoms. The fourth-order valence-corrected chi connectivity index (χ4v) is 4.61. The van der Waals surface area contributed by atoms with E-state index >= 15 is 0 Å². The first kappa shape index (κ1) is 24.6. The van der Waals surface area contributed by atoms with Crippen LogP contribution in [0.2, 0.25) is 0 Å². The Kier molecular flexibility index (Phi) is 7.61. The number of ketones is 1. The van der Waals surface area contributed by atoms with Gasteiger partial charge in [0.25, 0.3) is 0 Å². The molecule has 2 aliphatic rings. The summed E-state index contributed by atoms with van der Waals surface area (Å²) >= 11 is 0. The topological polar surface area (TPSA) is 90.9 Å². The number of esters is 2. The van der Waals surface area contributed by atoms with Gasteiger partial charge in [-0.05, 0) is 45.6 Å². The van der Waals surface area contributed by atoms with Gasteiger partial charge in [-0.3, -0.25) is 9.59 Å². The first-order valence-corrected chi connectivity index (χ1v) is 11.5. The Balaban J connectivity index is 2.22. The number of hydrogen-bond acceptors (Lipinski definition) is 7. The summed E-state index contributed by atoms with van der Waals surface area (Å²) in [6.07, 6.45) is 1.06. The van der Waals surface area contributed by atoms with Gasteiger partial charge in [0, 0.05) is 22.5 Å². The predicted molar refractivity (Wildman–Crippen MR) is 123 cm³/mol. The van der Waals surface area contributed by atoms with E-state index in [1.54, 1.807) is 0 Å². The molecule has 1 heterocycles. The minimum absolute atomic E-state index is 0.105. The van der Waals surface area contributed by atoms with Gasteiger partial charge in [-0.2, -0.15) is 0 Å². The Labute approximate surface area is 195 Å². The molecular weight excluding hydrogens is 422 g/mol. The van der Waals surface area contributed by atoms with Gasteiger partial charge in [0.2, 0.25) is 0 Å². The zero-order valence-corrected chi connectivity index (χ0v) is 20.2. The van der Waals surface area contributed by atoms with Crippen LogP contribution in [0.3, 0.4) is 0 Å². The quantitative estimate of drug-likeness (QED) is 0.490. The minimum atomic E-state index is -0.928. The summed E-state index contributed by atoms with van der Waals surface area (Å²) < 4.78 is 16.5. The second kappa shape index (κ2) is 10.2. The maximum absolute atomic E-state index is 13.8. The molecule has 1 aliphatic heterocycles. The van der Waals surface area contributed by atoms with E-state index < -0.39 is 23.8 Å². The maximum Gasteiger partial charge on any atom is 0.336 e. The lowest BCUT2D eigenvalue weighted by molar-refractivity contribution is -0.151. The highest BCUT2D eigenvalue weighted by Gasteiger charge is 2.47. The average molecular weight is 456 g/mol. The summed E-state index contributed by atoms with van der Waals surface area (Å²) in [5, 5.41) is 3.27. The summed E-state index contributed by atoms with van der Waals surface area (Å²) in [6, 6.07) is 7.39. The minimum Gasteiger partial charge on any atom is -0.491 e. The first-order valence-electron chi connectivity index (χ1n) is 11.5. The van der Waals surface area contributed by atoms with Crippen LogP contribution in [-0.4, -0.2) is 37.5 Å². The number of hydrogen-bond donors (Lipinski definition) is 1. The van der Waals surface area contributed by atoms with Crippen LogP contribution in [-0.2, 0) is 23.9 Å². The molecule has 1 aromatic carbocycles. The summed E-state index contributed by atoms with van der Waals surface area (Å²) in [5.41, 5.74) is 2.80. The molecule has 7 heteroatoms. The van der Waals surface area contributed by atoms with E-state index in [4.69, 9.17) is 14.2 Å². The monoisotopic (exact) mass is 455 g/mol. The Hall–Kier alpha value is -3.09. The molecule has 0 bridgehead atoms. The molecule has 3 unspecified atom stereocenters. The van der Waals surface area contributed by atoms with Crippen molar-refractivity contribution in [3.8, 4) is 5.75 Å². The van der Waals surface area contributed by atoms with Crippen molar-refractivity contribution in [1.82, 2.24) is 5.32 Å². The third kappa shape index (κ3) is 4.82. The van der Waals surface area contributed by atoms with E-state index in [-0.39, 0.29) is 24.4 Å². The molecule has 3 rings (SSSR count). The number of dihydropyridines is 1. The van der Waals surface area contributed by atoms with E-state index in [0.717, 1.165) is 5.70 Å². The molecule has 0 radical (unpaired) electrons. The summed E-state index contributed by atoms with van der Waals surface area (Å²) in [5.74, 6) is -2.68. The molecule has 178 valence electrons. The Bertz CT molecular complexity index is 1010. The lowest BCUT2D eigenvalue weighted by Crippen LogP contribution is -2.43. The average Bonchev–Trinajstić information content (AvgIpc) is 2.76. The van der Waals surface area contributed by atoms with Crippen LogP contribution in [0.5, 0.6) is 5.75 Å². The van der Waals surface area contributed by atoms with E-state index in [2.05, 4.69) is 5.32 Å². The highest BCUT2D eigenvalue weighted by atomic mass is 16.5. The van der Waals surface area contributed by atoms with Crippen LogP contribution >= 0.6 is 0 Å². The summed E-state index contributed by atoms with van der Waals surface area (Å²) in [7, 11) is 1.28. The molecule has 0 saturated carbocycles. The van der Waals surface area contributed by atoms with Gasteiger partial charge in [-0.25, -0.2) is 4.79 Å². The van der Waals surface area contributed by atoms with Crippen LogP contribution in [0.25, 0.3) is 0 Å². The van der Waals surface area contributed by atoms with Gasteiger partial charge in [0.1, 0.15) is 11.7 Å². The van der Waals surface area contributed by atoms with Crippen molar-refractivity contribution < 1.29 is 28.6 Å². The zero-order chi connectivity index (χ0) is 24.3. The van der Waals surface area contributed by atoms with Gasteiger partial charge in [-0.15, -0.1) is 0 Å². The predicted octanol–water partition coefficient (Wildman–Crippen LogP) is 4.04. The number of carbonyl (C=O) groups is 3. The number of carbonyl (C=O) groups excluding carboxylic acids is 3. The van der Waals surface area contributed by atoms with Gasteiger partial charge in [0.15, 0.2) is 5.78 Å². The van der Waals surface area contributed by atoms with Crippen molar-refractivity contribution in [2.45, 2.75) is 59.5 Å². The number of ether oxygens (including phenoxy) is 3. The molecule has 1 aromatic rings. The highest BCUT2D eigenvalue weighted by molar-refractivity contribution is 6.12. The summed E-state index contributed by atoms with van der Waals surface area (Å²) in [6.45, 7) is 9.70. The van der Waals surface area contributed by atoms with E-state index in [0.29, 0.717) is 41.0 Å². The third-order valence-corrected chi connectivity index (χ3v) is 5.99. The Morgan fingerprint density at radius 2 is 1.91 bits per heavy atom. The van der Waals surface area contributed by atoms with Crippen molar-refractivity contribution in [2.24, 2.45) is 11.8 Å². The molecule has 33 heavy (non-hydrogen) atoms. The molecule has 1 N–H and O–H groups in total. The fraction of sp³-hybridized carbons (Fsp3) is 0.500. The van der Waals surface area contributed by atoms with Crippen molar-refractivity contribution in [3.05, 3.63) is 52.4 Å². The van der Waals surface area contributed by atoms with E-state index in [9.17, 15) is 14.4 Å². The summed E-state index contributed by atoms with van der Waals surface area (Å²) in [4.78, 5) is 39.5. The van der Waals surface area contributed by atoms with Crippen molar-refractivity contribution in [3.63, 3.8) is 0 Å². The van der Waals surface area contributed by atoms with Gasteiger partial charge >= 0.3 is 11.9 Å². The molecule has 0 amide bonds. The van der Waals surface area contributed by atoms with Gasteiger partial charge in [-0.1, -0.05) is 32.0 Å². The van der Waals surface area contributed by atoms with Crippen LogP contribution in [0.15, 0.2) is 46.8 Å². The van der Waals surface area contributed by atoms with Crippen molar-refractivity contribution in [2.75, 3.05) is 13.7 Å². The lowest BCUT2D eigenvalue weighted by atomic mass is 9.69. The lowest BCUT2D eigenvalue weighted by Gasteiger charge is -2.38. The number of nitrogens with one attached hydrogen (secondary N) is 1. The molecule has 7 nitrogen and oxygen atoms in total. The van der Waals surface area contributed by atoms with Gasteiger partial charge in [0.05, 0.1) is 31.3 Å². The molecule has 0 fully saturated rings. The molecule has 3 atom stereocenters. The number of para-hydroxylation sites is 1. The van der Waals surface area contributed by atoms with E-state index in [1.165, 1.54) is 7.11 Å². The number of Topliss-reactive ketones (excluding diaryl/α,β-unsaturated/α-hetero) is 1. The van der Waals surface area contributed by atoms with Crippen LogP contribution in [0.4, 0.5) is 0 Å². The Morgan fingerprint density at radius 1 is 1.21 bits per heavy atom. The zero-order valence-electron chi connectivity index (χ0n) is 20.2. The smallest absolute Gasteiger partial charge is 0.336 e. The number of methoxy groups -OCH3 is 1. The standard InChI is InChI=1S/C26H33NO6/c1-7-12-32-26(30)21-16(5)27-18-13-15(4)20(25(29)31-6)24(28)23(18)22(21)17-10-8-9-11-19(17)33-14(2)3/h8-11,14-15,20,22,27H,7,12-13H2,1-6H3. The second-order valence-corrected chi connectivity index (χ2v) is 8.88. The Morgan fingerprint density at radius 3 is 2.55 bits per heavy atom. The van der Waals surface area contributed by atoms with Crippen molar-refractivity contribution >= 4 is 17.7 Å². The fourth-order valence-electron chi connectivity index (χ4n) is 4.61. The second-order valence-electron chi connectivity index (χ2n) is 8.88. The number of rotatable bonds is 7. The largest absolute Gasteiger partial charge is 0.491 e. The number of benzene rings is 1. The van der Waals surface area contributed by atoms with Crippen molar-refractivity contribution in [1.29, 1.82) is 0 Å². The van der Waals surface area contributed by atoms with E-state index in [1.807, 2.05) is 58.9 Å². The highest BCUT2D eigenvalue weighted by Crippen LogP contribution is 2.47. The van der Waals surface area contributed by atoms with Crippen LogP contribution < -0.4 is 10.1 Å². The molecule has 0 saturated heterocycles. The SMILES string of the molecule is CCCOC(=O)C1=C(C)NC2=C(C(=O)C(C(=O)OC)C(C)C2)C1c1ccccc1OC(C)C. The third-order valence-electron chi connectivity index (χ3n) is 5.99. The normalized spacial score (nSPS) is 22.6. The molecule has 1 aliphatic carbocycles. The maximum atomic E-state index is 13.8. The van der Waals surface area contributed by atoms with Gasteiger partial charge < -0.3 is 19.5 Å². The first-order chi connectivity index (χ1) is 15.7. The number of allylic oxidation sites excluding steroid dienone is 3. The molecule has 0 aromatic heterocycles. The van der Waals surface area contributed by atoms with Crippen LogP contribution in [0, 0.1) is 11.8 Å².